The van der Waals surface area contributed by atoms with Crippen LogP contribution in [0.5, 0.6) is 0 Å². The summed E-state index contributed by atoms with van der Waals surface area (Å²) in [5, 5.41) is 2.54. The Morgan fingerprint density at radius 3 is 2.88 bits per heavy atom. The van der Waals surface area contributed by atoms with Gasteiger partial charge in [0.1, 0.15) is 0 Å². The number of hydrogen-bond acceptors (Lipinski definition) is 3. The second-order valence-corrected chi connectivity index (χ2v) is 6.25. The lowest BCUT2D eigenvalue weighted by Crippen LogP contribution is -1.90. The minimum atomic E-state index is 0.684. The molecule has 1 aliphatic heterocycles. The Labute approximate surface area is 114 Å². The summed E-state index contributed by atoms with van der Waals surface area (Å²) in [6.45, 7) is 1.93. The third-order valence-corrected chi connectivity index (χ3v) is 5.08. The Bertz CT molecular complexity index is 458. The average molecular weight is 292 g/mol. The highest BCUT2D eigenvalue weighted by Gasteiger charge is 2.16. The molecule has 0 spiro atoms. The van der Waals surface area contributed by atoms with Crippen molar-refractivity contribution >= 4 is 57.5 Å². The van der Waals surface area contributed by atoms with Crippen molar-refractivity contribution in [2.45, 2.75) is 18.2 Å². The molecule has 86 valence electrons. The number of thioether (sulfide) groups is 2. The van der Waals surface area contributed by atoms with Crippen LogP contribution in [0.4, 0.5) is 5.69 Å². The molecule has 5 heteroatoms. The molecule has 0 unspecified atom stereocenters. The normalized spacial score (nSPS) is 15.4. The van der Waals surface area contributed by atoms with Crippen molar-refractivity contribution in [1.82, 2.24) is 0 Å². The van der Waals surface area contributed by atoms with Crippen LogP contribution < -0.4 is 0 Å². The van der Waals surface area contributed by atoms with Gasteiger partial charge < -0.3 is 0 Å². The van der Waals surface area contributed by atoms with Crippen LogP contribution in [0.1, 0.15) is 12.0 Å². The zero-order chi connectivity index (χ0) is 11.7. The number of nitrogens with zero attached hydrogens (tertiary/aromatic N) is 1. The first kappa shape index (κ1) is 12.6. The standard InChI is InChI=1S/C11H11Cl2NS2/c1-6-7(12)5-8-11(10(6)13)14-9(15-2)3-4-16-8/h5H,3-4H2,1-2H3. The Morgan fingerprint density at radius 1 is 1.44 bits per heavy atom. The predicted molar refractivity (Wildman–Crippen MR) is 77.2 cm³/mol. The zero-order valence-electron chi connectivity index (χ0n) is 9.01. The van der Waals surface area contributed by atoms with Gasteiger partial charge in [-0.15, -0.1) is 23.5 Å². The second kappa shape index (κ2) is 5.21. The first-order valence-electron chi connectivity index (χ1n) is 4.86. The first-order valence-corrected chi connectivity index (χ1v) is 7.83. The zero-order valence-corrected chi connectivity index (χ0v) is 12.2. The lowest BCUT2D eigenvalue weighted by atomic mass is 10.2. The fourth-order valence-electron chi connectivity index (χ4n) is 1.47. The van der Waals surface area contributed by atoms with Gasteiger partial charge in [-0.2, -0.15) is 0 Å². The van der Waals surface area contributed by atoms with Gasteiger partial charge in [0.25, 0.3) is 0 Å². The Morgan fingerprint density at radius 2 is 2.19 bits per heavy atom. The lowest BCUT2D eigenvalue weighted by Gasteiger charge is -2.09. The molecule has 0 atom stereocenters. The molecule has 0 radical (unpaired) electrons. The number of rotatable bonds is 0. The SMILES string of the molecule is CSC1=Nc2c(cc(Cl)c(C)c2Cl)SCC1. The van der Waals surface area contributed by atoms with Crippen LogP contribution in [-0.4, -0.2) is 17.1 Å². The van der Waals surface area contributed by atoms with Gasteiger partial charge in [-0.25, -0.2) is 4.99 Å². The van der Waals surface area contributed by atoms with E-state index in [1.165, 1.54) is 0 Å². The molecule has 1 aromatic rings. The van der Waals surface area contributed by atoms with Crippen molar-refractivity contribution in [2.24, 2.45) is 4.99 Å². The van der Waals surface area contributed by atoms with E-state index in [1.807, 2.05) is 19.2 Å². The molecule has 1 heterocycles. The quantitative estimate of drug-likeness (QED) is 0.652. The van der Waals surface area contributed by atoms with Gasteiger partial charge >= 0.3 is 0 Å². The summed E-state index contributed by atoms with van der Waals surface area (Å²) in [5.74, 6) is 1.03. The first-order chi connectivity index (χ1) is 7.63. The summed E-state index contributed by atoms with van der Waals surface area (Å²) < 4.78 is 0. The summed E-state index contributed by atoms with van der Waals surface area (Å²) in [6.07, 6.45) is 3.04. The molecule has 0 aliphatic carbocycles. The minimum Gasteiger partial charge on any atom is -0.244 e. The van der Waals surface area contributed by atoms with Gasteiger partial charge in [-0.3, -0.25) is 0 Å². The van der Waals surface area contributed by atoms with Crippen LogP contribution in [0, 0.1) is 6.92 Å². The van der Waals surface area contributed by atoms with E-state index in [4.69, 9.17) is 23.2 Å². The molecule has 1 aromatic carbocycles. The fourth-order valence-corrected chi connectivity index (χ4v) is 3.71. The maximum absolute atomic E-state index is 6.30. The number of hydrogen-bond donors (Lipinski definition) is 0. The van der Waals surface area contributed by atoms with E-state index in [0.717, 1.165) is 38.4 Å². The molecule has 2 rings (SSSR count). The van der Waals surface area contributed by atoms with E-state index in [1.54, 1.807) is 23.5 Å². The highest BCUT2D eigenvalue weighted by molar-refractivity contribution is 8.13. The van der Waals surface area contributed by atoms with Crippen LogP contribution in [-0.2, 0) is 0 Å². The van der Waals surface area contributed by atoms with E-state index in [9.17, 15) is 0 Å². The highest BCUT2D eigenvalue weighted by atomic mass is 35.5. The number of aliphatic imine (C=N–C) groups is 1. The molecule has 0 saturated heterocycles. The Kier molecular flexibility index (Phi) is 4.11. The lowest BCUT2D eigenvalue weighted by molar-refractivity contribution is 1.32. The summed E-state index contributed by atoms with van der Waals surface area (Å²) in [6, 6.07) is 1.97. The topological polar surface area (TPSA) is 12.4 Å². The van der Waals surface area contributed by atoms with E-state index in [-0.39, 0.29) is 0 Å². The molecular weight excluding hydrogens is 281 g/mol. The average Bonchev–Trinajstić information content (AvgIpc) is 2.48. The van der Waals surface area contributed by atoms with Crippen LogP contribution in [0.15, 0.2) is 16.0 Å². The van der Waals surface area contributed by atoms with Crippen LogP contribution >= 0.6 is 46.7 Å². The van der Waals surface area contributed by atoms with E-state index in [2.05, 4.69) is 4.99 Å². The van der Waals surface area contributed by atoms with Crippen LogP contribution in [0.25, 0.3) is 0 Å². The summed E-state index contributed by atoms with van der Waals surface area (Å²) >= 11 is 15.9. The van der Waals surface area contributed by atoms with Crippen molar-refractivity contribution < 1.29 is 0 Å². The Balaban J connectivity index is 2.61. The monoisotopic (exact) mass is 291 g/mol. The van der Waals surface area contributed by atoms with Gasteiger partial charge in [0.15, 0.2) is 0 Å². The third kappa shape index (κ3) is 2.37. The minimum absolute atomic E-state index is 0.684. The van der Waals surface area contributed by atoms with Gasteiger partial charge in [-0.1, -0.05) is 23.2 Å². The van der Waals surface area contributed by atoms with E-state index < -0.39 is 0 Å². The molecule has 1 aliphatic rings. The van der Waals surface area contributed by atoms with Crippen molar-refractivity contribution in [3.05, 3.63) is 21.7 Å². The van der Waals surface area contributed by atoms with Crippen molar-refractivity contribution in [2.75, 3.05) is 12.0 Å². The van der Waals surface area contributed by atoms with E-state index >= 15 is 0 Å². The maximum atomic E-state index is 6.30. The van der Waals surface area contributed by atoms with E-state index in [0.29, 0.717) is 5.02 Å². The molecule has 0 N–H and O–H groups in total. The van der Waals surface area contributed by atoms with Crippen LogP contribution in [0.2, 0.25) is 10.0 Å². The van der Waals surface area contributed by atoms with Gasteiger partial charge in [-0.05, 0) is 24.8 Å². The predicted octanol–water partition coefficient (Wildman–Crippen LogP) is 5.19. The Hall–Kier alpha value is 0.170. The molecule has 0 bridgehead atoms. The molecule has 0 fully saturated rings. The summed E-state index contributed by atoms with van der Waals surface area (Å²) in [5.41, 5.74) is 1.80. The maximum Gasteiger partial charge on any atom is 0.0964 e. The number of fused-ring (bicyclic) bond motifs is 1. The molecule has 16 heavy (non-hydrogen) atoms. The van der Waals surface area contributed by atoms with Gasteiger partial charge in [0.2, 0.25) is 0 Å². The van der Waals surface area contributed by atoms with Gasteiger partial charge in [0.05, 0.1) is 15.8 Å². The van der Waals surface area contributed by atoms with Crippen molar-refractivity contribution in [1.29, 1.82) is 0 Å². The molecule has 0 aromatic heterocycles. The molecule has 0 saturated carbocycles. The van der Waals surface area contributed by atoms with Gasteiger partial charge in [0, 0.05) is 22.1 Å². The molecular formula is C11H11Cl2NS2. The summed E-state index contributed by atoms with van der Waals surface area (Å²) in [4.78, 5) is 5.71. The van der Waals surface area contributed by atoms with Crippen molar-refractivity contribution in [3.8, 4) is 0 Å². The number of halogens is 2. The third-order valence-electron chi connectivity index (χ3n) is 2.43. The molecule has 0 amide bonds. The summed E-state index contributed by atoms with van der Waals surface area (Å²) in [7, 11) is 0. The molecule has 1 nitrogen and oxygen atoms in total. The second-order valence-electron chi connectivity index (χ2n) is 3.45. The van der Waals surface area contributed by atoms with Crippen molar-refractivity contribution in [3.63, 3.8) is 0 Å². The smallest absolute Gasteiger partial charge is 0.0964 e. The largest absolute Gasteiger partial charge is 0.244 e. The highest BCUT2D eigenvalue weighted by Crippen LogP contribution is 2.43. The number of benzene rings is 1. The van der Waals surface area contributed by atoms with Crippen LogP contribution in [0.3, 0.4) is 0 Å². The fraction of sp³-hybridized carbons (Fsp3) is 0.364.